The summed E-state index contributed by atoms with van der Waals surface area (Å²) in [5.74, 6) is 1.11. The zero-order valence-electron chi connectivity index (χ0n) is 18.9. The van der Waals surface area contributed by atoms with Crippen LogP contribution in [0.5, 0.6) is 5.75 Å². The minimum Gasteiger partial charge on any atom is -0.497 e. The summed E-state index contributed by atoms with van der Waals surface area (Å²) in [5, 5.41) is 16.6. The first-order chi connectivity index (χ1) is 16.0. The third-order valence-corrected chi connectivity index (χ3v) is 6.20. The Kier molecular flexibility index (Phi) is 8.09. The first kappa shape index (κ1) is 25.8. The van der Waals surface area contributed by atoms with Crippen LogP contribution in [-0.2, 0) is 0 Å². The SMILES string of the molecule is COc1ccc(N(C(=O)Nc2c(Cl)ccc(Cl)c2Cl)c2ccnc(NC(C)C(C)(C)O)n2)cc1. The standard InChI is InChI=1S/C23H24Cl3N5O3/c1-13(23(2,3)33)28-21-27-12-11-18(29-21)31(14-5-7-15(34-4)8-6-14)22(32)30-20-17(25)10-9-16(24)19(20)26/h5-13,33H,1-4H3,(H,30,32)(H,27,28,29). The Morgan fingerprint density at radius 1 is 1.09 bits per heavy atom. The largest absolute Gasteiger partial charge is 0.497 e. The zero-order chi connectivity index (χ0) is 25.0. The first-order valence-electron chi connectivity index (χ1n) is 10.2. The zero-order valence-corrected chi connectivity index (χ0v) is 21.2. The third kappa shape index (κ3) is 6.01. The molecular formula is C23H24Cl3N5O3. The molecule has 3 rings (SSSR count). The number of aromatic nitrogens is 2. The fourth-order valence-electron chi connectivity index (χ4n) is 2.80. The number of carbonyl (C=O) groups is 1. The van der Waals surface area contributed by atoms with Gasteiger partial charge in [0.1, 0.15) is 11.6 Å². The monoisotopic (exact) mass is 523 g/mol. The van der Waals surface area contributed by atoms with E-state index in [0.29, 0.717) is 11.4 Å². The molecule has 3 N–H and O–H groups in total. The molecule has 1 heterocycles. The van der Waals surface area contributed by atoms with E-state index < -0.39 is 11.6 Å². The molecule has 0 bridgehead atoms. The topological polar surface area (TPSA) is 99.6 Å². The number of hydrogen-bond acceptors (Lipinski definition) is 6. The predicted octanol–water partition coefficient (Wildman–Crippen LogP) is 6.39. The van der Waals surface area contributed by atoms with Crippen LogP contribution in [0.3, 0.4) is 0 Å². The fraction of sp³-hybridized carbons (Fsp3) is 0.261. The number of nitrogens with zero attached hydrogens (tertiary/aromatic N) is 3. The van der Waals surface area contributed by atoms with Gasteiger partial charge < -0.3 is 20.5 Å². The Labute approximate surface area is 212 Å². The number of rotatable bonds is 7. The van der Waals surface area contributed by atoms with Crippen molar-refractivity contribution in [3.63, 3.8) is 0 Å². The molecule has 0 aliphatic rings. The number of anilines is 4. The average molecular weight is 525 g/mol. The fourth-order valence-corrected chi connectivity index (χ4v) is 3.43. The van der Waals surface area contributed by atoms with E-state index in [4.69, 9.17) is 39.5 Å². The Hall–Kier alpha value is -2.78. The van der Waals surface area contributed by atoms with E-state index in [9.17, 15) is 9.90 Å². The number of urea groups is 1. The summed E-state index contributed by atoms with van der Waals surface area (Å²) in [4.78, 5) is 23.5. The van der Waals surface area contributed by atoms with Crippen LogP contribution in [0.2, 0.25) is 15.1 Å². The van der Waals surface area contributed by atoms with E-state index >= 15 is 0 Å². The molecular weight excluding hydrogens is 501 g/mol. The van der Waals surface area contributed by atoms with E-state index in [2.05, 4.69) is 20.6 Å². The van der Waals surface area contributed by atoms with Crippen molar-refractivity contribution in [2.24, 2.45) is 0 Å². The summed E-state index contributed by atoms with van der Waals surface area (Å²) < 4.78 is 5.22. The van der Waals surface area contributed by atoms with Gasteiger partial charge in [-0.2, -0.15) is 4.98 Å². The number of benzene rings is 2. The molecule has 1 atom stereocenters. The van der Waals surface area contributed by atoms with Gasteiger partial charge in [0.15, 0.2) is 0 Å². The van der Waals surface area contributed by atoms with Gasteiger partial charge >= 0.3 is 6.03 Å². The molecule has 0 saturated heterocycles. The van der Waals surface area contributed by atoms with Gasteiger partial charge in [0.2, 0.25) is 5.95 Å². The number of ether oxygens (including phenoxy) is 1. The highest BCUT2D eigenvalue weighted by Gasteiger charge is 2.25. The van der Waals surface area contributed by atoms with Crippen LogP contribution in [0.1, 0.15) is 20.8 Å². The minimum absolute atomic E-state index is 0.112. The van der Waals surface area contributed by atoms with Gasteiger partial charge in [-0.15, -0.1) is 0 Å². The van der Waals surface area contributed by atoms with Crippen molar-refractivity contribution in [3.8, 4) is 5.75 Å². The van der Waals surface area contributed by atoms with Gasteiger partial charge in [-0.05, 0) is 57.2 Å². The molecule has 34 heavy (non-hydrogen) atoms. The summed E-state index contributed by atoms with van der Waals surface area (Å²) in [7, 11) is 1.55. The number of halogens is 3. The average Bonchev–Trinajstić information content (AvgIpc) is 2.79. The Morgan fingerprint density at radius 2 is 1.74 bits per heavy atom. The quantitative estimate of drug-likeness (QED) is 0.310. The second kappa shape index (κ2) is 10.7. The van der Waals surface area contributed by atoms with Crippen LogP contribution in [0, 0.1) is 0 Å². The van der Waals surface area contributed by atoms with Gasteiger partial charge in [-0.3, -0.25) is 0 Å². The van der Waals surface area contributed by atoms with Crippen molar-refractivity contribution >= 4 is 64.0 Å². The summed E-state index contributed by atoms with van der Waals surface area (Å²) in [5.41, 5.74) is -0.359. The number of carbonyl (C=O) groups excluding carboxylic acids is 1. The highest BCUT2D eigenvalue weighted by Crippen LogP contribution is 2.37. The molecule has 8 nitrogen and oxygen atoms in total. The lowest BCUT2D eigenvalue weighted by Gasteiger charge is -2.27. The summed E-state index contributed by atoms with van der Waals surface area (Å²) in [6.45, 7) is 5.14. The molecule has 0 aliphatic carbocycles. The van der Waals surface area contributed by atoms with Crippen LogP contribution >= 0.6 is 34.8 Å². The smallest absolute Gasteiger partial charge is 0.332 e. The highest BCUT2D eigenvalue weighted by atomic mass is 35.5. The van der Waals surface area contributed by atoms with Crippen molar-refractivity contribution in [1.29, 1.82) is 0 Å². The molecule has 2 amide bonds. The molecule has 0 aliphatic heterocycles. The Morgan fingerprint density at radius 3 is 2.35 bits per heavy atom. The van der Waals surface area contributed by atoms with Crippen molar-refractivity contribution in [2.45, 2.75) is 32.4 Å². The lowest BCUT2D eigenvalue weighted by molar-refractivity contribution is 0.0646. The molecule has 0 saturated carbocycles. The summed E-state index contributed by atoms with van der Waals surface area (Å²) >= 11 is 18.6. The van der Waals surface area contributed by atoms with Crippen molar-refractivity contribution in [1.82, 2.24) is 9.97 Å². The van der Waals surface area contributed by atoms with Crippen molar-refractivity contribution < 1.29 is 14.6 Å². The van der Waals surface area contributed by atoms with E-state index in [0.717, 1.165) is 0 Å². The molecule has 0 fully saturated rings. The summed E-state index contributed by atoms with van der Waals surface area (Å²) in [6, 6.07) is 10.5. The van der Waals surface area contributed by atoms with E-state index in [1.807, 2.05) is 0 Å². The van der Waals surface area contributed by atoms with E-state index in [1.165, 1.54) is 23.2 Å². The van der Waals surface area contributed by atoms with Gasteiger partial charge in [0, 0.05) is 12.3 Å². The Balaban J connectivity index is 2.02. The normalized spacial score (nSPS) is 12.1. The minimum atomic E-state index is -1.02. The van der Waals surface area contributed by atoms with Gasteiger partial charge in [0.25, 0.3) is 0 Å². The molecule has 1 unspecified atom stereocenters. The van der Waals surface area contributed by atoms with Crippen molar-refractivity contribution in [3.05, 3.63) is 63.7 Å². The molecule has 0 spiro atoms. The van der Waals surface area contributed by atoms with Gasteiger partial charge in [-0.1, -0.05) is 34.8 Å². The molecule has 0 radical (unpaired) electrons. The van der Waals surface area contributed by atoms with Gasteiger partial charge in [-0.25, -0.2) is 14.7 Å². The van der Waals surface area contributed by atoms with Crippen LogP contribution in [0.25, 0.3) is 0 Å². The number of hydrogen-bond donors (Lipinski definition) is 3. The third-order valence-electron chi connectivity index (χ3n) is 5.08. The number of nitrogens with one attached hydrogen (secondary N) is 2. The molecule has 1 aromatic heterocycles. The highest BCUT2D eigenvalue weighted by molar-refractivity contribution is 6.46. The molecule has 3 aromatic rings. The van der Waals surface area contributed by atoms with Crippen molar-refractivity contribution in [2.75, 3.05) is 22.6 Å². The molecule has 2 aromatic carbocycles. The maximum atomic E-state index is 13.5. The van der Waals surface area contributed by atoms with Crippen LogP contribution in [0.4, 0.5) is 27.9 Å². The van der Waals surface area contributed by atoms with Gasteiger partial charge in [0.05, 0.1) is 45.2 Å². The lowest BCUT2D eigenvalue weighted by atomic mass is 10.0. The van der Waals surface area contributed by atoms with E-state index in [1.54, 1.807) is 58.2 Å². The number of methoxy groups -OCH3 is 1. The Bertz CT molecular complexity index is 1170. The van der Waals surface area contributed by atoms with E-state index in [-0.39, 0.29) is 38.6 Å². The molecule has 180 valence electrons. The maximum Gasteiger partial charge on any atom is 0.332 e. The molecule has 11 heteroatoms. The first-order valence-corrected chi connectivity index (χ1v) is 11.3. The maximum absolute atomic E-state index is 13.5. The van der Waals surface area contributed by atoms with Crippen LogP contribution in [-0.4, -0.2) is 39.9 Å². The summed E-state index contributed by atoms with van der Waals surface area (Å²) in [6.07, 6.45) is 1.50. The lowest BCUT2D eigenvalue weighted by Crippen LogP contribution is -2.40. The number of aliphatic hydroxyl groups is 1. The number of amides is 2. The second-order valence-electron chi connectivity index (χ2n) is 7.94. The second-order valence-corrected chi connectivity index (χ2v) is 9.13. The van der Waals surface area contributed by atoms with Crippen LogP contribution in [0.15, 0.2) is 48.7 Å². The van der Waals surface area contributed by atoms with Crippen LogP contribution < -0.4 is 20.3 Å². The predicted molar refractivity (Wildman–Crippen MR) is 137 cm³/mol.